The SMILES string of the molecule is NS(=O)(=O)c1sccc1C1(CS(=O)O)OCCO1. The average molecular weight is 313 g/mol. The summed E-state index contributed by atoms with van der Waals surface area (Å²) in [6, 6.07) is 1.47. The molecule has 0 aromatic carbocycles. The zero-order valence-electron chi connectivity index (χ0n) is 9.07. The van der Waals surface area contributed by atoms with E-state index in [2.05, 4.69) is 0 Å². The molecule has 1 aromatic rings. The number of nitrogens with two attached hydrogens (primary N) is 1. The Morgan fingerprint density at radius 2 is 2.11 bits per heavy atom. The second kappa shape index (κ2) is 4.96. The summed E-state index contributed by atoms with van der Waals surface area (Å²) in [5, 5.41) is 6.61. The molecule has 0 radical (unpaired) electrons. The molecule has 1 saturated heterocycles. The minimum absolute atomic E-state index is 0.116. The van der Waals surface area contributed by atoms with Crippen molar-refractivity contribution in [1.29, 1.82) is 0 Å². The molecule has 102 valence electrons. The van der Waals surface area contributed by atoms with Crippen LogP contribution in [0.4, 0.5) is 0 Å². The second-order valence-electron chi connectivity index (χ2n) is 3.58. The molecule has 0 saturated carbocycles. The number of hydrogen-bond donors (Lipinski definition) is 2. The van der Waals surface area contributed by atoms with Crippen molar-refractivity contribution in [3.8, 4) is 0 Å². The molecule has 0 aliphatic carbocycles. The molecule has 10 heteroatoms. The molecule has 0 spiro atoms. The lowest BCUT2D eigenvalue weighted by atomic mass is 10.1. The van der Waals surface area contributed by atoms with Crippen LogP contribution >= 0.6 is 11.3 Å². The maximum absolute atomic E-state index is 11.4. The molecule has 0 bridgehead atoms. The average Bonchev–Trinajstić information content (AvgIpc) is 2.81. The molecule has 1 aliphatic rings. The summed E-state index contributed by atoms with van der Waals surface area (Å²) in [7, 11) is -3.92. The summed E-state index contributed by atoms with van der Waals surface area (Å²) < 4.78 is 53.4. The molecule has 1 aliphatic heterocycles. The Kier molecular flexibility index (Phi) is 3.88. The fraction of sp³-hybridized carbons (Fsp3) is 0.500. The normalized spacial score (nSPS) is 21.0. The van der Waals surface area contributed by atoms with E-state index < -0.39 is 26.9 Å². The van der Waals surface area contributed by atoms with Gasteiger partial charge in [0, 0.05) is 5.56 Å². The molecule has 18 heavy (non-hydrogen) atoms. The van der Waals surface area contributed by atoms with Crippen LogP contribution in [0.2, 0.25) is 0 Å². The van der Waals surface area contributed by atoms with Crippen molar-refractivity contribution in [2.24, 2.45) is 5.14 Å². The summed E-state index contributed by atoms with van der Waals surface area (Å²) >= 11 is -1.28. The van der Waals surface area contributed by atoms with Crippen LogP contribution in [0.25, 0.3) is 0 Å². The molecule has 1 fully saturated rings. The number of sulfonamides is 1. The Balaban J connectivity index is 2.50. The Morgan fingerprint density at radius 3 is 2.61 bits per heavy atom. The highest BCUT2D eigenvalue weighted by atomic mass is 32.2. The number of hydrogen-bond acceptors (Lipinski definition) is 6. The number of rotatable bonds is 4. The lowest BCUT2D eigenvalue weighted by molar-refractivity contribution is -0.147. The van der Waals surface area contributed by atoms with Crippen LogP contribution in [0.1, 0.15) is 5.56 Å². The van der Waals surface area contributed by atoms with E-state index in [-0.39, 0.29) is 28.7 Å². The predicted molar refractivity (Wildman–Crippen MR) is 64.9 cm³/mol. The van der Waals surface area contributed by atoms with E-state index >= 15 is 0 Å². The largest absolute Gasteiger partial charge is 0.343 e. The quantitative estimate of drug-likeness (QED) is 0.745. The van der Waals surface area contributed by atoms with Crippen molar-refractivity contribution in [3.05, 3.63) is 17.0 Å². The number of ether oxygens (including phenoxy) is 2. The minimum atomic E-state index is -3.92. The summed E-state index contributed by atoms with van der Waals surface area (Å²) in [6.07, 6.45) is 0. The van der Waals surface area contributed by atoms with Crippen LogP contribution in [-0.4, -0.2) is 36.1 Å². The zero-order valence-corrected chi connectivity index (χ0v) is 11.5. The van der Waals surface area contributed by atoms with Crippen molar-refractivity contribution in [2.75, 3.05) is 19.0 Å². The van der Waals surface area contributed by atoms with Crippen LogP contribution in [-0.2, 0) is 36.4 Å². The summed E-state index contributed by atoms with van der Waals surface area (Å²) in [6.45, 7) is 0.439. The van der Waals surface area contributed by atoms with Crippen molar-refractivity contribution < 1.29 is 26.7 Å². The van der Waals surface area contributed by atoms with E-state index in [1.165, 1.54) is 11.4 Å². The third kappa shape index (κ3) is 2.64. The molecule has 2 heterocycles. The Labute approximate surface area is 110 Å². The van der Waals surface area contributed by atoms with Crippen LogP contribution in [0.3, 0.4) is 0 Å². The van der Waals surface area contributed by atoms with Gasteiger partial charge in [-0.25, -0.2) is 17.8 Å². The molecule has 1 atom stereocenters. The molecular formula is C8H11NO6S3. The Hall–Kier alpha value is -0.360. The highest BCUT2D eigenvalue weighted by Crippen LogP contribution is 2.38. The molecule has 1 aromatic heterocycles. The fourth-order valence-corrected chi connectivity index (χ4v) is 4.29. The molecule has 1 unspecified atom stereocenters. The molecule has 7 nitrogen and oxygen atoms in total. The highest BCUT2D eigenvalue weighted by molar-refractivity contribution is 7.91. The fourth-order valence-electron chi connectivity index (χ4n) is 1.73. The standard InChI is InChI=1S/C8H11NO6S3/c9-18(12,13)7-6(1-4-16-7)8(5-17(10)11)14-2-3-15-8/h1,4H,2-3,5H2,(H,10,11)(H2,9,12,13). The summed E-state index contributed by atoms with van der Waals surface area (Å²) in [5.74, 6) is -1.88. The number of thiophene rings is 1. The van der Waals surface area contributed by atoms with Gasteiger partial charge in [-0.3, -0.25) is 0 Å². The van der Waals surface area contributed by atoms with Gasteiger partial charge in [-0.1, -0.05) is 0 Å². The van der Waals surface area contributed by atoms with Crippen LogP contribution < -0.4 is 5.14 Å². The summed E-state index contributed by atoms with van der Waals surface area (Å²) in [4.78, 5) is 0. The van der Waals surface area contributed by atoms with E-state index in [1.54, 1.807) is 0 Å². The number of primary sulfonamides is 1. The predicted octanol–water partition coefficient (Wildman–Crippen LogP) is -0.183. The highest BCUT2D eigenvalue weighted by Gasteiger charge is 2.44. The molecule has 0 amide bonds. The van der Waals surface area contributed by atoms with Gasteiger partial charge in [0.25, 0.3) is 0 Å². The van der Waals surface area contributed by atoms with Gasteiger partial charge in [0.2, 0.25) is 15.8 Å². The third-order valence-electron chi connectivity index (χ3n) is 2.37. The van der Waals surface area contributed by atoms with Crippen molar-refractivity contribution >= 4 is 32.4 Å². The van der Waals surface area contributed by atoms with E-state index in [0.717, 1.165) is 11.3 Å². The van der Waals surface area contributed by atoms with E-state index in [0.29, 0.717) is 0 Å². The first-order valence-corrected chi connectivity index (χ1v) is 8.51. The molecule has 2 rings (SSSR count). The smallest absolute Gasteiger partial charge is 0.248 e. The van der Waals surface area contributed by atoms with E-state index in [1.807, 2.05) is 0 Å². The second-order valence-corrected chi connectivity index (χ2v) is 7.19. The van der Waals surface area contributed by atoms with E-state index in [9.17, 15) is 12.6 Å². The topological polar surface area (TPSA) is 116 Å². The van der Waals surface area contributed by atoms with Gasteiger partial charge in [-0.2, -0.15) is 0 Å². The van der Waals surface area contributed by atoms with Gasteiger partial charge in [0.1, 0.15) is 9.96 Å². The van der Waals surface area contributed by atoms with Crippen LogP contribution in [0.5, 0.6) is 0 Å². The summed E-state index contributed by atoms with van der Waals surface area (Å²) in [5.41, 5.74) is 0.176. The van der Waals surface area contributed by atoms with Gasteiger partial charge < -0.3 is 14.0 Å². The third-order valence-corrected chi connectivity index (χ3v) is 5.42. The minimum Gasteiger partial charge on any atom is -0.343 e. The molecule has 3 N–H and O–H groups in total. The van der Waals surface area contributed by atoms with Gasteiger partial charge in [-0.05, 0) is 11.4 Å². The van der Waals surface area contributed by atoms with Crippen LogP contribution in [0.15, 0.2) is 15.7 Å². The van der Waals surface area contributed by atoms with Gasteiger partial charge in [-0.15, -0.1) is 11.3 Å². The van der Waals surface area contributed by atoms with Crippen molar-refractivity contribution in [3.63, 3.8) is 0 Å². The Morgan fingerprint density at radius 1 is 1.50 bits per heavy atom. The maximum atomic E-state index is 11.4. The molecular weight excluding hydrogens is 302 g/mol. The maximum Gasteiger partial charge on any atom is 0.248 e. The lowest BCUT2D eigenvalue weighted by Crippen LogP contribution is -2.35. The monoisotopic (exact) mass is 313 g/mol. The first-order chi connectivity index (χ1) is 8.35. The van der Waals surface area contributed by atoms with E-state index in [4.69, 9.17) is 19.2 Å². The Bertz CT molecular complexity index is 559. The first kappa shape index (κ1) is 14.1. The lowest BCUT2D eigenvalue weighted by Gasteiger charge is -2.25. The zero-order chi connectivity index (χ0) is 13.4. The van der Waals surface area contributed by atoms with Crippen molar-refractivity contribution in [1.82, 2.24) is 0 Å². The van der Waals surface area contributed by atoms with Gasteiger partial charge in [0.15, 0.2) is 11.1 Å². The van der Waals surface area contributed by atoms with Gasteiger partial charge >= 0.3 is 0 Å². The van der Waals surface area contributed by atoms with Crippen LogP contribution in [0, 0.1) is 0 Å². The van der Waals surface area contributed by atoms with Gasteiger partial charge in [0.05, 0.1) is 13.2 Å². The first-order valence-electron chi connectivity index (χ1n) is 4.81. The van der Waals surface area contributed by atoms with Crippen molar-refractivity contribution in [2.45, 2.75) is 10.00 Å².